The number of hydrogen-bond donors (Lipinski definition) is 3. The van der Waals surface area contributed by atoms with Gasteiger partial charge in [-0.05, 0) is 45.2 Å². The Balaban J connectivity index is 1.57. The summed E-state index contributed by atoms with van der Waals surface area (Å²) >= 11 is 0. The fourth-order valence-electron chi connectivity index (χ4n) is 4.76. The van der Waals surface area contributed by atoms with Crippen LogP contribution >= 0.6 is 0 Å². The molecule has 26 heavy (non-hydrogen) atoms. The van der Waals surface area contributed by atoms with E-state index >= 15 is 0 Å². The number of imidazole rings is 1. The molecule has 0 bridgehead atoms. The van der Waals surface area contributed by atoms with E-state index in [0.29, 0.717) is 0 Å². The summed E-state index contributed by atoms with van der Waals surface area (Å²) in [5, 5.41) is 5.02. The number of rotatable bonds is 2. The van der Waals surface area contributed by atoms with Crippen molar-refractivity contribution in [3.05, 3.63) is 30.4 Å². The Kier molecular flexibility index (Phi) is 3.74. The molecule has 5 rings (SSSR count). The second-order valence-corrected chi connectivity index (χ2v) is 7.86. The van der Waals surface area contributed by atoms with Crippen molar-refractivity contribution >= 4 is 16.7 Å². The van der Waals surface area contributed by atoms with Gasteiger partial charge in [-0.25, -0.2) is 9.97 Å². The summed E-state index contributed by atoms with van der Waals surface area (Å²) in [5.74, 6) is 0.908. The van der Waals surface area contributed by atoms with Crippen LogP contribution in [0.4, 0.5) is 5.69 Å². The van der Waals surface area contributed by atoms with Crippen molar-refractivity contribution in [2.75, 3.05) is 24.5 Å². The molecule has 3 N–H and O–H groups in total. The van der Waals surface area contributed by atoms with Crippen molar-refractivity contribution in [2.45, 2.75) is 44.6 Å². The molecule has 3 aromatic heterocycles. The Morgan fingerprint density at radius 2 is 2.08 bits per heavy atom. The lowest BCUT2D eigenvalue weighted by atomic mass is 9.81. The van der Waals surface area contributed by atoms with Gasteiger partial charge in [0, 0.05) is 48.5 Å². The Bertz CT molecular complexity index is 912. The van der Waals surface area contributed by atoms with E-state index in [1.165, 1.54) is 43.2 Å². The first kappa shape index (κ1) is 15.9. The van der Waals surface area contributed by atoms with E-state index in [0.717, 1.165) is 42.4 Å². The molecule has 6 nitrogen and oxygen atoms in total. The number of aromatic nitrogens is 4. The van der Waals surface area contributed by atoms with Crippen molar-refractivity contribution in [1.82, 2.24) is 25.3 Å². The van der Waals surface area contributed by atoms with Gasteiger partial charge in [-0.3, -0.25) is 0 Å². The maximum Gasteiger partial charge on any atom is 0.140 e. The standard InChI is InChI=1S/C20H26N6/c1-14-11-22-18(25-14)15-12-23-19-17(15)16(5-9-21-19)26-10-4-7-20(13-26)6-2-3-8-24-20/h5,9,11-12,24H,2-4,6-8,10,13H2,1H3,(H,21,23)(H,22,25)/t20-/m0/s1. The van der Waals surface area contributed by atoms with Gasteiger partial charge in [0.15, 0.2) is 0 Å². The highest BCUT2D eigenvalue weighted by Gasteiger charge is 2.37. The van der Waals surface area contributed by atoms with Crippen LogP contribution in [0.3, 0.4) is 0 Å². The molecule has 2 aliphatic heterocycles. The zero-order valence-electron chi connectivity index (χ0n) is 15.3. The van der Waals surface area contributed by atoms with E-state index in [4.69, 9.17) is 0 Å². The molecule has 0 saturated carbocycles. The summed E-state index contributed by atoms with van der Waals surface area (Å²) in [5.41, 5.74) is 4.66. The molecule has 1 atom stereocenters. The number of piperidine rings is 2. The smallest absolute Gasteiger partial charge is 0.140 e. The quantitative estimate of drug-likeness (QED) is 0.662. The second-order valence-electron chi connectivity index (χ2n) is 7.86. The Morgan fingerprint density at radius 1 is 1.15 bits per heavy atom. The van der Waals surface area contributed by atoms with Crippen molar-refractivity contribution in [1.29, 1.82) is 0 Å². The van der Waals surface area contributed by atoms with Crippen LogP contribution in [0.5, 0.6) is 0 Å². The van der Waals surface area contributed by atoms with Crippen LogP contribution in [0.25, 0.3) is 22.4 Å². The predicted octanol–water partition coefficient (Wildman–Crippen LogP) is 3.37. The summed E-state index contributed by atoms with van der Waals surface area (Å²) in [6.45, 7) is 5.37. The number of nitrogens with one attached hydrogen (secondary N) is 3. The highest BCUT2D eigenvalue weighted by molar-refractivity contribution is 6.01. The van der Waals surface area contributed by atoms with Gasteiger partial charge in [-0.15, -0.1) is 0 Å². The van der Waals surface area contributed by atoms with E-state index in [2.05, 4.69) is 36.2 Å². The number of H-pyrrole nitrogens is 2. The fourth-order valence-corrected chi connectivity index (χ4v) is 4.76. The second kappa shape index (κ2) is 6.13. The molecule has 0 aromatic carbocycles. The topological polar surface area (TPSA) is 72.6 Å². The molecule has 2 fully saturated rings. The Labute approximate surface area is 153 Å². The molecule has 3 aromatic rings. The molecule has 2 saturated heterocycles. The fraction of sp³-hybridized carbons (Fsp3) is 0.500. The zero-order chi connectivity index (χ0) is 17.6. The van der Waals surface area contributed by atoms with Crippen LogP contribution in [0.2, 0.25) is 0 Å². The van der Waals surface area contributed by atoms with Crippen molar-refractivity contribution in [3.63, 3.8) is 0 Å². The van der Waals surface area contributed by atoms with E-state index in [1.807, 2.05) is 25.5 Å². The van der Waals surface area contributed by atoms with Gasteiger partial charge < -0.3 is 20.2 Å². The van der Waals surface area contributed by atoms with E-state index < -0.39 is 0 Å². The summed E-state index contributed by atoms with van der Waals surface area (Å²) in [7, 11) is 0. The van der Waals surface area contributed by atoms with Crippen LogP contribution < -0.4 is 10.2 Å². The molecule has 0 unspecified atom stereocenters. The maximum absolute atomic E-state index is 4.55. The van der Waals surface area contributed by atoms with Crippen LogP contribution in [0, 0.1) is 6.92 Å². The lowest BCUT2D eigenvalue weighted by Crippen LogP contribution is -2.59. The third-order valence-corrected chi connectivity index (χ3v) is 6.01. The van der Waals surface area contributed by atoms with Gasteiger partial charge in [0.25, 0.3) is 0 Å². The van der Waals surface area contributed by atoms with Gasteiger partial charge in [0.05, 0.1) is 11.1 Å². The first-order valence-corrected chi connectivity index (χ1v) is 9.72. The molecule has 136 valence electrons. The van der Waals surface area contributed by atoms with Crippen molar-refractivity contribution in [2.24, 2.45) is 0 Å². The maximum atomic E-state index is 4.55. The number of aromatic amines is 2. The minimum atomic E-state index is 0.282. The molecule has 0 aliphatic carbocycles. The molecule has 0 radical (unpaired) electrons. The zero-order valence-corrected chi connectivity index (χ0v) is 15.3. The lowest BCUT2D eigenvalue weighted by Gasteiger charge is -2.47. The molecular formula is C20H26N6. The van der Waals surface area contributed by atoms with Crippen molar-refractivity contribution < 1.29 is 0 Å². The van der Waals surface area contributed by atoms with Gasteiger partial charge in [-0.1, -0.05) is 6.42 Å². The number of hydrogen-bond acceptors (Lipinski definition) is 4. The van der Waals surface area contributed by atoms with E-state index in [9.17, 15) is 0 Å². The Hall–Kier alpha value is -2.34. The highest BCUT2D eigenvalue weighted by Crippen LogP contribution is 2.37. The van der Waals surface area contributed by atoms with Crippen LogP contribution in [-0.2, 0) is 0 Å². The summed E-state index contributed by atoms with van der Waals surface area (Å²) < 4.78 is 0. The third-order valence-electron chi connectivity index (χ3n) is 6.01. The van der Waals surface area contributed by atoms with Crippen LogP contribution in [0.1, 0.15) is 37.8 Å². The van der Waals surface area contributed by atoms with Gasteiger partial charge in [0.2, 0.25) is 0 Å². The monoisotopic (exact) mass is 350 g/mol. The van der Waals surface area contributed by atoms with Crippen LogP contribution in [0.15, 0.2) is 24.7 Å². The minimum Gasteiger partial charge on any atom is -0.369 e. The minimum absolute atomic E-state index is 0.282. The first-order chi connectivity index (χ1) is 12.7. The number of aryl methyl sites for hydroxylation is 1. The first-order valence-electron chi connectivity index (χ1n) is 9.72. The number of fused-ring (bicyclic) bond motifs is 1. The molecule has 6 heteroatoms. The normalized spacial score (nSPS) is 23.8. The highest BCUT2D eigenvalue weighted by atomic mass is 15.2. The molecule has 2 aliphatic rings. The molecular weight excluding hydrogens is 324 g/mol. The lowest BCUT2D eigenvalue weighted by molar-refractivity contribution is 0.216. The van der Waals surface area contributed by atoms with E-state index in [-0.39, 0.29) is 5.54 Å². The summed E-state index contributed by atoms with van der Waals surface area (Å²) in [6, 6.07) is 2.16. The summed E-state index contributed by atoms with van der Waals surface area (Å²) in [4.78, 5) is 18.4. The third kappa shape index (κ3) is 2.60. The largest absolute Gasteiger partial charge is 0.369 e. The van der Waals surface area contributed by atoms with Crippen molar-refractivity contribution in [3.8, 4) is 11.4 Å². The van der Waals surface area contributed by atoms with E-state index in [1.54, 1.807) is 0 Å². The van der Waals surface area contributed by atoms with Gasteiger partial charge in [0.1, 0.15) is 11.5 Å². The average Bonchev–Trinajstić information content (AvgIpc) is 3.28. The Morgan fingerprint density at radius 3 is 2.88 bits per heavy atom. The molecule has 0 amide bonds. The molecule has 5 heterocycles. The molecule has 1 spiro atoms. The van der Waals surface area contributed by atoms with Gasteiger partial charge in [-0.2, -0.15) is 0 Å². The van der Waals surface area contributed by atoms with Gasteiger partial charge >= 0.3 is 0 Å². The predicted molar refractivity (Wildman–Crippen MR) is 104 cm³/mol. The number of pyridine rings is 1. The van der Waals surface area contributed by atoms with Crippen LogP contribution in [-0.4, -0.2) is 45.1 Å². The number of nitrogens with zero attached hydrogens (tertiary/aromatic N) is 3. The number of anilines is 1. The average molecular weight is 350 g/mol. The summed E-state index contributed by atoms with van der Waals surface area (Å²) in [6.07, 6.45) is 12.3. The SMILES string of the molecule is Cc1cnc(-c2c[nH]c3nccc(N4CCC[C@@]5(CCCCN5)C4)c23)[nH]1.